The van der Waals surface area contributed by atoms with E-state index < -0.39 is 0 Å². The number of rotatable bonds is 4. The summed E-state index contributed by atoms with van der Waals surface area (Å²) in [4.78, 5) is 8.08. The molecule has 0 aliphatic heterocycles. The molecule has 3 N–H and O–H groups in total. The molecule has 0 aliphatic carbocycles. The highest BCUT2D eigenvalue weighted by molar-refractivity contribution is 5.46. The number of hydrogen-bond acceptors (Lipinski definition) is 5. The van der Waals surface area contributed by atoms with Crippen LogP contribution >= 0.6 is 0 Å². The number of nitrogens with two attached hydrogens (primary N) is 1. The summed E-state index contributed by atoms with van der Waals surface area (Å²) in [5.74, 6) is 6.48. The molecule has 0 spiro atoms. The second kappa shape index (κ2) is 4.44. The van der Waals surface area contributed by atoms with Crippen LogP contribution < -0.4 is 16.0 Å². The summed E-state index contributed by atoms with van der Waals surface area (Å²) in [6, 6.07) is 0. The number of anilines is 1. The summed E-state index contributed by atoms with van der Waals surface area (Å²) in [6.45, 7) is 7.98. The van der Waals surface area contributed by atoms with Gasteiger partial charge in [0.1, 0.15) is 17.7 Å². The van der Waals surface area contributed by atoms with E-state index in [9.17, 15) is 0 Å². The maximum Gasteiger partial charge on any atom is 0.222 e. The van der Waals surface area contributed by atoms with E-state index in [1.165, 1.54) is 6.33 Å². The van der Waals surface area contributed by atoms with E-state index in [0.29, 0.717) is 11.7 Å². The third-order valence-corrected chi connectivity index (χ3v) is 2.40. The number of hydrazine groups is 1. The van der Waals surface area contributed by atoms with Crippen molar-refractivity contribution in [2.45, 2.75) is 39.7 Å². The van der Waals surface area contributed by atoms with Crippen molar-refractivity contribution in [3.05, 3.63) is 11.9 Å². The number of aromatic nitrogens is 2. The third-order valence-electron chi connectivity index (χ3n) is 2.40. The topological polar surface area (TPSA) is 73.1 Å². The highest BCUT2D eigenvalue weighted by Crippen LogP contribution is 2.24. The van der Waals surface area contributed by atoms with Gasteiger partial charge in [-0.05, 0) is 27.2 Å². The van der Waals surface area contributed by atoms with E-state index in [2.05, 4.69) is 22.3 Å². The molecule has 0 fully saturated rings. The molecule has 0 saturated heterocycles. The smallest absolute Gasteiger partial charge is 0.222 e. The molecule has 1 aromatic rings. The van der Waals surface area contributed by atoms with Crippen LogP contribution in [0.25, 0.3) is 0 Å². The van der Waals surface area contributed by atoms with Crippen LogP contribution in [0.3, 0.4) is 0 Å². The maximum atomic E-state index is 5.78. The number of nitrogen functional groups attached to an aromatic ring is 1. The molecule has 0 atom stereocenters. The van der Waals surface area contributed by atoms with E-state index in [0.717, 1.165) is 12.0 Å². The third kappa shape index (κ3) is 2.79. The minimum Gasteiger partial charge on any atom is -0.471 e. The van der Waals surface area contributed by atoms with Crippen molar-refractivity contribution in [2.24, 2.45) is 5.84 Å². The number of nitrogens with zero attached hydrogens (tertiary/aromatic N) is 2. The maximum absolute atomic E-state index is 5.78. The second-order valence-corrected chi connectivity index (χ2v) is 4.01. The Bertz CT molecular complexity index is 338. The summed E-state index contributed by atoms with van der Waals surface area (Å²) >= 11 is 0. The lowest BCUT2D eigenvalue weighted by molar-refractivity contribution is 0.0979. The van der Waals surface area contributed by atoms with Crippen LogP contribution in [-0.2, 0) is 0 Å². The van der Waals surface area contributed by atoms with Crippen LogP contribution in [0.2, 0.25) is 0 Å². The Morgan fingerprint density at radius 2 is 2.13 bits per heavy atom. The minimum atomic E-state index is -0.231. The van der Waals surface area contributed by atoms with Gasteiger partial charge in [-0.2, -0.15) is 0 Å². The Balaban J connectivity index is 2.95. The van der Waals surface area contributed by atoms with Crippen LogP contribution in [0.4, 0.5) is 5.82 Å². The fourth-order valence-corrected chi connectivity index (χ4v) is 1.02. The average molecular weight is 210 g/mol. The zero-order valence-electron chi connectivity index (χ0n) is 9.66. The van der Waals surface area contributed by atoms with E-state index in [1.54, 1.807) is 0 Å². The molecule has 1 rings (SSSR count). The van der Waals surface area contributed by atoms with Crippen molar-refractivity contribution in [2.75, 3.05) is 5.43 Å². The summed E-state index contributed by atoms with van der Waals surface area (Å²) in [5.41, 5.74) is 3.10. The zero-order chi connectivity index (χ0) is 11.5. The minimum absolute atomic E-state index is 0.231. The molecule has 1 aromatic heterocycles. The fourth-order valence-electron chi connectivity index (χ4n) is 1.02. The quantitative estimate of drug-likeness (QED) is 0.583. The van der Waals surface area contributed by atoms with Crippen molar-refractivity contribution in [1.82, 2.24) is 9.97 Å². The first-order chi connectivity index (χ1) is 7.00. The Morgan fingerprint density at radius 3 is 2.67 bits per heavy atom. The molecule has 0 amide bonds. The standard InChI is InChI=1S/C10H18N4O/c1-5-10(3,4)15-9-7(2)8(14-11)12-6-13-9/h6H,5,11H2,1-4H3,(H,12,13,14). The van der Waals surface area contributed by atoms with Gasteiger partial charge in [0.15, 0.2) is 0 Å². The lowest BCUT2D eigenvalue weighted by Gasteiger charge is -2.25. The van der Waals surface area contributed by atoms with E-state index in [-0.39, 0.29) is 5.60 Å². The Labute approximate surface area is 90.0 Å². The molecular formula is C10H18N4O. The van der Waals surface area contributed by atoms with E-state index in [4.69, 9.17) is 10.6 Å². The fraction of sp³-hybridized carbons (Fsp3) is 0.600. The molecule has 0 radical (unpaired) electrons. The normalized spacial score (nSPS) is 11.3. The monoisotopic (exact) mass is 210 g/mol. The SMILES string of the molecule is CCC(C)(C)Oc1ncnc(NN)c1C. The molecule has 0 aromatic carbocycles. The highest BCUT2D eigenvalue weighted by Gasteiger charge is 2.19. The molecule has 0 saturated carbocycles. The predicted molar refractivity (Wildman–Crippen MR) is 59.6 cm³/mol. The van der Waals surface area contributed by atoms with Gasteiger partial charge in [-0.3, -0.25) is 0 Å². The molecule has 5 heteroatoms. The average Bonchev–Trinajstić information content (AvgIpc) is 2.21. The van der Waals surface area contributed by atoms with Gasteiger partial charge in [0.25, 0.3) is 0 Å². The first kappa shape index (κ1) is 11.7. The van der Waals surface area contributed by atoms with Crippen LogP contribution in [0.5, 0.6) is 5.88 Å². The molecular weight excluding hydrogens is 192 g/mol. The van der Waals surface area contributed by atoms with Gasteiger partial charge in [0.05, 0.1) is 5.56 Å². The van der Waals surface area contributed by atoms with Gasteiger partial charge in [0, 0.05) is 0 Å². The van der Waals surface area contributed by atoms with Crippen molar-refractivity contribution in [3.63, 3.8) is 0 Å². The van der Waals surface area contributed by atoms with Crippen molar-refractivity contribution in [3.8, 4) is 5.88 Å². The molecule has 0 aliphatic rings. The first-order valence-corrected chi connectivity index (χ1v) is 4.97. The second-order valence-electron chi connectivity index (χ2n) is 4.01. The predicted octanol–water partition coefficient (Wildman–Crippen LogP) is 1.64. The molecule has 84 valence electrons. The van der Waals surface area contributed by atoms with Gasteiger partial charge in [-0.25, -0.2) is 15.8 Å². The molecule has 15 heavy (non-hydrogen) atoms. The van der Waals surface area contributed by atoms with Gasteiger partial charge in [-0.15, -0.1) is 0 Å². The molecule has 0 unspecified atom stereocenters. The van der Waals surface area contributed by atoms with Gasteiger partial charge in [0.2, 0.25) is 5.88 Å². The van der Waals surface area contributed by atoms with Crippen LogP contribution in [0.1, 0.15) is 32.8 Å². The van der Waals surface area contributed by atoms with Gasteiger partial charge in [-0.1, -0.05) is 6.92 Å². The largest absolute Gasteiger partial charge is 0.471 e. The lowest BCUT2D eigenvalue weighted by atomic mass is 10.1. The zero-order valence-corrected chi connectivity index (χ0v) is 9.66. The lowest BCUT2D eigenvalue weighted by Crippen LogP contribution is -2.28. The Kier molecular flexibility index (Phi) is 3.47. The molecule has 0 bridgehead atoms. The highest BCUT2D eigenvalue weighted by atomic mass is 16.5. The van der Waals surface area contributed by atoms with Crippen LogP contribution in [0.15, 0.2) is 6.33 Å². The van der Waals surface area contributed by atoms with Crippen molar-refractivity contribution in [1.29, 1.82) is 0 Å². The molecule has 1 heterocycles. The Hall–Kier alpha value is -1.36. The van der Waals surface area contributed by atoms with Crippen molar-refractivity contribution < 1.29 is 4.74 Å². The van der Waals surface area contributed by atoms with Crippen LogP contribution in [-0.4, -0.2) is 15.6 Å². The molecule has 5 nitrogen and oxygen atoms in total. The van der Waals surface area contributed by atoms with E-state index >= 15 is 0 Å². The number of ether oxygens (including phenoxy) is 1. The summed E-state index contributed by atoms with van der Waals surface area (Å²) in [6.07, 6.45) is 2.34. The number of hydrogen-bond donors (Lipinski definition) is 2. The summed E-state index contributed by atoms with van der Waals surface area (Å²) in [5, 5.41) is 0. The summed E-state index contributed by atoms with van der Waals surface area (Å²) < 4.78 is 5.78. The van der Waals surface area contributed by atoms with Crippen molar-refractivity contribution >= 4 is 5.82 Å². The Morgan fingerprint density at radius 1 is 1.47 bits per heavy atom. The first-order valence-electron chi connectivity index (χ1n) is 4.97. The summed E-state index contributed by atoms with van der Waals surface area (Å²) in [7, 11) is 0. The van der Waals surface area contributed by atoms with E-state index in [1.807, 2.05) is 20.8 Å². The number of nitrogens with one attached hydrogen (secondary N) is 1. The van der Waals surface area contributed by atoms with Gasteiger partial charge < -0.3 is 10.2 Å². The van der Waals surface area contributed by atoms with Crippen LogP contribution in [0, 0.1) is 6.92 Å². The van der Waals surface area contributed by atoms with Gasteiger partial charge >= 0.3 is 0 Å².